The predicted molar refractivity (Wildman–Crippen MR) is 120 cm³/mol. The van der Waals surface area contributed by atoms with Gasteiger partial charge in [0.2, 0.25) is 15.9 Å². The Labute approximate surface area is 182 Å². The van der Waals surface area contributed by atoms with Crippen LogP contribution in [-0.4, -0.2) is 19.9 Å². The molecule has 0 fully saturated rings. The number of unbranched alkanes of at least 4 members (excludes halogenated alkanes) is 1. The van der Waals surface area contributed by atoms with Gasteiger partial charge < -0.3 is 5.32 Å². The maximum atomic E-state index is 12.7. The summed E-state index contributed by atoms with van der Waals surface area (Å²) in [6.07, 6.45) is 3.06. The smallest absolute Gasteiger partial charge is 0.241 e. The molecule has 2 aromatic carbocycles. The van der Waals surface area contributed by atoms with Crippen LogP contribution in [0.5, 0.6) is 0 Å². The van der Waals surface area contributed by atoms with Gasteiger partial charge in [0.25, 0.3) is 0 Å². The van der Waals surface area contributed by atoms with Crippen molar-refractivity contribution in [3.8, 4) is 0 Å². The average molecular weight is 481 g/mol. The van der Waals surface area contributed by atoms with Crippen molar-refractivity contribution in [3.63, 3.8) is 0 Å². The van der Waals surface area contributed by atoms with Crippen LogP contribution in [0.25, 0.3) is 0 Å². The van der Waals surface area contributed by atoms with Gasteiger partial charge in [0.1, 0.15) is 0 Å². The molecule has 0 aliphatic carbocycles. The van der Waals surface area contributed by atoms with E-state index < -0.39 is 15.6 Å². The number of halogens is 1. The van der Waals surface area contributed by atoms with E-state index in [4.69, 9.17) is 0 Å². The fraction of sp³-hybridized carbons (Fsp3) is 0.409. The summed E-state index contributed by atoms with van der Waals surface area (Å²) in [5.74, 6) is -0.0724. The van der Waals surface area contributed by atoms with E-state index in [0.717, 1.165) is 23.7 Å². The van der Waals surface area contributed by atoms with Crippen LogP contribution in [0.3, 0.4) is 0 Å². The summed E-state index contributed by atoms with van der Waals surface area (Å²) in [6.45, 7) is 5.57. The third-order valence-corrected chi connectivity index (χ3v) is 6.60. The lowest BCUT2D eigenvalue weighted by atomic mass is 10.1. The molecular formula is C22H29BrN2O3S. The first kappa shape index (κ1) is 23.6. The minimum Gasteiger partial charge on any atom is -0.352 e. The van der Waals surface area contributed by atoms with Crippen molar-refractivity contribution >= 4 is 31.9 Å². The molecule has 0 aliphatic heterocycles. The highest BCUT2D eigenvalue weighted by molar-refractivity contribution is 9.10. The van der Waals surface area contributed by atoms with Crippen molar-refractivity contribution in [3.05, 3.63) is 64.1 Å². The van der Waals surface area contributed by atoms with E-state index in [1.807, 2.05) is 12.1 Å². The minimum atomic E-state index is -3.66. The standard InChI is InChI=1S/C22H29BrN2O3S/c1-22(2,3)25-29(27,28)20-10-6-5-9-18(20)16-24-21(26)11-7-4-8-17-12-14-19(23)15-13-17/h5-6,9-10,12-15,25H,4,7-8,11,16H2,1-3H3,(H,24,26). The van der Waals surface area contributed by atoms with Crippen LogP contribution in [0, 0.1) is 0 Å². The van der Waals surface area contributed by atoms with Crippen LogP contribution >= 0.6 is 15.9 Å². The molecule has 0 radical (unpaired) electrons. The van der Waals surface area contributed by atoms with Crippen LogP contribution < -0.4 is 10.0 Å². The van der Waals surface area contributed by atoms with Gasteiger partial charge in [-0.15, -0.1) is 0 Å². The van der Waals surface area contributed by atoms with Crippen molar-refractivity contribution in [1.29, 1.82) is 0 Å². The van der Waals surface area contributed by atoms with E-state index in [2.05, 4.69) is 38.1 Å². The fourth-order valence-corrected chi connectivity index (χ4v) is 4.84. The molecule has 2 N–H and O–H groups in total. The Bertz CT molecular complexity index is 920. The molecule has 0 unspecified atom stereocenters. The molecule has 0 aliphatic rings. The van der Waals surface area contributed by atoms with E-state index in [1.54, 1.807) is 45.0 Å². The van der Waals surface area contributed by atoms with E-state index in [1.165, 1.54) is 5.56 Å². The van der Waals surface area contributed by atoms with Crippen LogP contribution in [-0.2, 0) is 27.8 Å². The van der Waals surface area contributed by atoms with Gasteiger partial charge in [0.05, 0.1) is 4.90 Å². The maximum Gasteiger partial charge on any atom is 0.241 e. The first-order chi connectivity index (χ1) is 13.6. The van der Waals surface area contributed by atoms with Gasteiger partial charge in [-0.3, -0.25) is 4.79 Å². The number of rotatable bonds is 9. The van der Waals surface area contributed by atoms with E-state index in [9.17, 15) is 13.2 Å². The van der Waals surface area contributed by atoms with Gasteiger partial charge in [0, 0.05) is 23.0 Å². The highest BCUT2D eigenvalue weighted by atomic mass is 79.9. The number of hydrogen-bond donors (Lipinski definition) is 2. The Balaban J connectivity index is 1.85. The number of sulfonamides is 1. The Morgan fingerprint density at radius 3 is 2.31 bits per heavy atom. The zero-order chi connectivity index (χ0) is 21.5. The average Bonchev–Trinajstić information content (AvgIpc) is 2.63. The number of carbonyl (C=O) groups is 1. The zero-order valence-corrected chi connectivity index (χ0v) is 19.6. The highest BCUT2D eigenvalue weighted by Crippen LogP contribution is 2.18. The van der Waals surface area contributed by atoms with E-state index >= 15 is 0 Å². The fourth-order valence-electron chi connectivity index (χ4n) is 2.92. The topological polar surface area (TPSA) is 75.3 Å². The molecule has 0 atom stereocenters. The summed E-state index contributed by atoms with van der Waals surface area (Å²) < 4.78 is 29.0. The molecule has 2 rings (SSSR count). The first-order valence-electron chi connectivity index (χ1n) is 9.70. The second-order valence-corrected chi connectivity index (χ2v) is 10.6. The lowest BCUT2D eigenvalue weighted by Gasteiger charge is -2.21. The van der Waals surface area contributed by atoms with Crippen molar-refractivity contribution in [2.75, 3.05) is 0 Å². The van der Waals surface area contributed by atoms with Gasteiger partial charge in [-0.25, -0.2) is 13.1 Å². The number of carbonyl (C=O) groups excluding carboxylic acids is 1. The van der Waals surface area contributed by atoms with Crippen molar-refractivity contribution in [1.82, 2.24) is 10.0 Å². The van der Waals surface area contributed by atoms with Gasteiger partial charge in [-0.2, -0.15) is 0 Å². The molecule has 158 valence electrons. The molecule has 0 heterocycles. The van der Waals surface area contributed by atoms with Crippen molar-refractivity contribution in [2.45, 2.75) is 63.4 Å². The largest absolute Gasteiger partial charge is 0.352 e. The SMILES string of the molecule is CC(C)(C)NS(=O)(=O)c1ccccc1CNC(=O)CCCCc1ccc(Br)cc1. The Morgan fingerprint density at radius 1 is 1.00 bits per heavy atom. The van der Waals surface area contributed by atoms with Crippen LogP contribution in [0.4, 0.5) is 0 Å². The van der Waals surface area contributed by atoms with Gasteiger partial charge in [-0.05, 0) is 69.4 Å². The number of benzene rings is 2. The summed E-state index contributed by atoms with van der Waals surface area (Å²) in [5, 5.41) is 2.84. The third-order valence-electron chi connectivity index (χ3n) is 4.21. The van der Waals surface area contributed by atoms with Crippen LogP contribution in [0.1, 0.15) is 51.2 Å². The summed E-state index contributed by atoms with van der Waals surface area (Å²) >= 11 is 3.42. The van der Waals surface area contributed by atoms with E-state index in [0.29, 0.717) is 12.0 Å². The number of aryl methyl sites for hydroxylation is 1. The number of hydrogen-bond acceptors (Lipinski definition) is 3. The molecule has 0 bridgehead atoms. The highest BCUT2D eigenvalue weighted by Gasteiger charge is 2.24. The van der Waals surface area contributed by atoms with Crippen molar-refractivity contribution in [2.24, 2.45) is 0 Å². The summed E-state index contributed by atoms with van der Waals surface area (Å²) in [6, 6.07) is 14.9. The van der Waals surface area contributed by atoms with Crippen molar-refractivity contribution < 1.29 is 13.2 Å². The lowest BCUT2D eigenvalue weighted by Crippen LogP contribution is -2.41. The zero-order valence-electron chi connectivity index (χ0n) is 17.2. The summed E-state index contributed by atoms with van der Waals surface area (Å²) in [4.78, 5) is 12.4. The Hall–Kier alpha value is -1.70. The quantitative estimate of drug-likeness (QED) is 0.516. The molecule has 7 heteroatoms. The Kier molecular flexibility index (Phi) is 8.43. The maximum absolute atomic E-state index is 12.7. The molecule has 0 aromatic heterocycles. The predicted octanol–water partition coefficient (Wildman–Crippen LogP) is 4.56. The van der Waals surface area contributed by atoms with Gasteiger partial charge >= 0.3 is 0 Å². The van der Waals surface area contributed by atoms with Crippen LogP contribution in [0.15, 0.2) is 57.9 Å². The molecule has 0 saturated carbocycles. The monoisotopic (exact) mass is 480 g/mol. The molecule has 29 heavy (non-hydrogen) atoms. The molecular weight excluding hydrogens is 452 g/mol. The molecule has 2 aromatic rings. The third kappa shape index (κ3) is 8.28. The second-order valence-electron chi connectivity index (χ2n) is 8.07. The lowest BCUT2D eigenvalue weighted by molar-refractivity contribution is -0.121. The number of nitrogens with one attached hydrogen (secondary N) is 2. The molecule has 5 nitrogen and oxygen atoms in total. The first-order valence-corrected chi connectivity index (χ1v) is 12.0. The van der Waals surface area contributed by atoms with E-state index in [-0.39, 0.29) is 17.3 Å². The Morgan fingerprint density at radius 2 is 1.66 bits per heavy atom. The van der Waals surface area contributed by atoms with Gasteiger partial charge in [0.15, 0.2) is 0 Å². The molecule has 0 saturated heterocycles. The minimum absolute atomic E-state index is 0.0724. The summed E-state index contributed by atoms with van der Waals surface area (Å²) in [7, 11) is -3.66. The number of amides is 1. The van der Waals surface area contributed by atoms with Gasteiger partial charge in [-0.1, -0.05) is 46.3 Å². The molecule has 0 spiro atoms. The molecule has 1 amide bonds. The normalized spacial score (nSPS) is 12.0. The van der Waals surface area contributed by atoms with Crippen LogP contribution in [0.2, 0.25) is 0 Å². The second kappa shape index (κ2) is 10.4. The summed E-state index contributed by atoms with van der Waals surface area (Å²) in [5.41, 5.74) is 1.25.